The monoisotopic (exact) mass is 1370 g/mol. The first kappa shape index (κ1) is 84.0. The Hall–Kier alpha value is -6.95. The van der Waals surface area contributed by atoms with E-state index in [1.165, 1.54) is 0 Å². The molecule has 15 atom stereocenters. The van der Waals surface area contributed by atoms with Crippen molar-refractivity contribution in [2.75, 3.05) is 49.4 Å². The van der Waals surface area contributed by atoms with Crippen LogP contribution in [0.15, 0.2) is 4.99 Å². The van der Waals surface area contributed by atoms with Gasteiger partial charge in [-0.15, -0.1) is 0 Å². The van der Waals surface area contributed by atoms with Gasteiger partial charge in [0.1, 0.15) is 72.5 Å². The molecule has 0 unspecified atom stereocenters. The number of nitrogens with zero attached hydrogens (tertiary/aromatic N) is 1. The summed E-state index contributed by atoms with van der Waals surface area (Å²) >= 11 is 16.1. The fourth-order valence-corrected chi connectivity index (χ4v) is 8.65. The van der Waals surface area contributed by atoms with E-state index in [4.69, 9.17) is 22.9 Å². The number of carboxylic acids is 1. The molecule has 0 aliphatic rings. The lowest BCUT2D eigenvalue weighted by Gasteiger charge is -2.29. The van der Waals surface area contributed by atoms with Gasteiger partial charge in [-0.2, -0.15) is 50.5 Å². The number of carboxylic acid groups (broad SMARTS) is 1. The van der Waals surface area contributed by atoms with Crippen LogP contribution in [0.1, 0.15) is 80.1 Å². The van der Waals surface area contributed by atoms with E-state index in [0.717, 1.165) is 13.8 Å². The molecule has 0 radical (unpaired) electrons. The van der Waals surface area contributed by atoms with E-state index in [1.54, 1.807) is 27.7 Å². The number of thiol groups is 4. The molecule has 0 aliphatic carbocycles. The Morgan fingerprint density at radius 3 is 1.24 bits per heavy atom. The van der Waals surface area contributed by atoms with Crippen LogP contribution in [-0.4, -0.2) is 248 Å². The standard InChI is InChI=1S/C51H91N17O19S4/c1-7-22(4)36(48(84)63-30(15-70)44(80)66-34(20-91)50(86)87)67-41(77)26(9-8-12-56-51(54)55)59-47(83)33(19-90)64-43(79)29(14-69)61-40(76)27(10-11-35(53)73)58-38(74)23(5)57-46(82)32(18-89)65-49(85)37(24(6)72)68-45(81)31(16-71)62-42(78)28(13-21(2)3)60-39(75)25(52)17-88/h21-34,36-37,69-72,88-91H,7-20,52H2,1-6H3,(H2,53,73)(H,57,82)(H,58,74)(H,59,83)(H,60,75)(H,61,76)(H,62,78)(H,63,84)(H,64,79)(H,65,85)(H,66,80)(H,67,77)(H,68,81)(H,86,87)(H4,54,55,56)/t22-,23-,24+,25-,26-,27-,28-,29-,30-,31-,32-,33-,34-,36-,37-/m0/s1. The molecular weight excluding hydrogens is 1280 g/mol. The molecule has 0 aliphatic heterocycles. The third-order valence-electron chi connectivity index (χ3n) is 13.2. The summed E-state index contributed by atoms with van der Waals surface area (Å²) in [5.41, 5.74) is 21.9. The number of amides is 13. The van der Waals surface area contributed by atoms with Gasteiger partial charge in [0.25, 0.3) is 0 Å². The van der Waals surface area contributed by atoms with E-state index in [1.807, 2.05) is 0 Å². The highest BCUT2D eigenvalue weighted by molar-refractivity contribution is 7.80. The largest absolute Gasteiger partial charge is 0.480 e. The number of nitrogens with two attached hydrogens (primary N) is 4. The van der Waals surface area contributed by atoms with Gasteiger partial charge in [-0.3, -0.25) is 67.3 Å². The Balaban J connectivity index is 6.37. The molecule has 25 N–H and O–H groups in total. The zero-order chi connectivity index (χ0) is 70.0. The summed E-state index contributed by atoms with van der Waals surface area (Å²) < 4.78 is 0. The molecule has 0 aromatic rings. The molecule has 0 rings (SSSR count). The molecule has 0 aromatic heterocycles. The minimum Gasteiger partial charge on any atom is -0.480 e. The Kier molecular flexibility index (Phi) is 40.4. The van der Waals surface area contributed by atoms with Gasteiger partial charge in [-0.05, 0) is 51.4 Å². The normalized spacial score (nSPS) is 16.0. The van der Waals surface area contributed by atoms with Gasteiger partial charge in [-0.1, -0.05) is 34.1 Å². The molecule has 518 valence electrons. The predicted molar refractivity (Wildman–Crippen MR) is 340 cm³/mol. The minimum atomic E-state index is -1.90. The lowest BCUT2D eigenvalue weighted by Crippen LogP contribution is -2.62. The maximum Gasteiger partial charge on any atom is 0.327 e. The molecule has 0 heterocycles. The van der Waals surface area contributed by atoms with Gasteiger partial charge < -0.3 is 112 Å². The molecule has 0 saturated carbocycles. The van der Waals surface area contributed by atoms with Gasteiger partial charge in [0.2, 0.25) is 76.8 Å². The summed E-state index contributed by atoms with van der Waals surface area (Å²) in [6.07, 6.45) is -2.57. The topological polar surface area (TPSA) is 601 Å². The fourth-order valence-electron chi connectivity index (χ4n) is 7.72. The Bertz CT molecular complexity index is 2520. The van der Waals surface area contributed by atoms with Crippen LogP contribution in [0.4, 0.5) is 0 Å². The van der Waals surface area contributed by atoms with Crippen LogP contribution in [-0.2, 0) is 67.1 Å². The number of primary amides is 1. The van der Waals surface area contributed by atoms with Gasteiger partial charge in [0, 0.05) is 36.0 Å². The molecule has 0 saturated heterocycles. The Labute approximate surface area is 547 Å². The lowest BCUT2D eigenvalue weighted by molar-refractivity contribution is -0.142. The number of aliphatic imine (C=N–C) groups is 1. The summed E-state index contributed by atoms with van der Waals surface area (Å²) in [4.78, 5) is 188. The first-order valence-corrected chi connectivity index (χ1v) is 31.1. The van der Waals surface area contributed by atoms with Crippen LogP contribution < -0.4 is 86.7 Å². The number of aliphatic hydroxyl groups is 4. The van der Waals surface area contributed by atoms with Crippen molar-refractivity contribution in [1.29, 1.82) is 0 Å². The quantitative estimate of drug-likeness (QED) is 0.0117. The highest BCUT2D eigenvalue weighted by Crippen LogP contribution is 2.12. The number of carbonyl (C=O) groups is 14. The summed E-state index contributed by atoms with van der Waals surface area (Å²) in [6, 6.07) is -20.4. The fraction of sp³-hybridized carbons (Fsp3) is 0.706. The van der Waals surface area contributed by atoms with Crippen molar-refractivity contribution in [2.24, 2.45) is 39.8 Å². The van der Waals surface area contributed by atoms with E-state index >= 15 is 0 Å². The smallest absolute Gasteiger partial charge is 0.327 e. The van der Waals surface area contributed by atoms with Gasteiger partial charge in [0.15, 0.2) is 5.96 Å². The predicted octanol–water partition coefficient (Wildman–Crippen LogP) is -10.3. The highest BCUT2D eigenvalue weighted by Gasteiger charge is 2.38. The number of nitrogens with one attached hydrogen (secondary N) is 12. The highest BCUT2D eigenvalue weighted by atomic mass is 32.1. The average molecular weight is 1370 g/mol. The van der Waals surface area contributed by atoms with Crippen molar-refractivity contribution in [1.82, 2.24) is 63.8 Å². The molecule has 0 aromatic carbocycles. The molecule has 40 heteroatoms. The third-order valence-corrected chi connectivity index (χ3v) is 14.7. The first-order chi connectivity index (χ1) is 42.6. The van der Waals surface area contributed by atoms with Crippen molar-refractivity contribution < 1.29 is 92.7 Å². The van der Waals surface area contributed by atoms with Crippen molar-refractivity contribution in [3.05, 3.63) is 0 Å². The number of carbonyl (C=O) groups excluding carboxylic acids is 13. The van der Waals surface area contributed by atoms with Crippen LogP contribution in [0.2, 0.25) is 0 Å². The second-order valence-corrected chi connectivity index (χ2v) is 22.6. The Morgan fingerprint density at radius 1 is 0.440 bits per heavy atom. The van der Waals surface area contributed by atoms with Crippen LogP contribution >= 0.6 is 50.5 Å². The van der Waals surface area contributed by atoms with Crippen molar-refractivity contribution >= 4 is 139 Å². The van der Waals surface area contributed by atoms with Gasteiger partial charge >= 0.3 is 5.97 Å². The molecule has 0 fully saturated rings. The number of aliphatic carboxylic acids is 1. The summed E-state index contributed by atoms with van der Waals surface area (Å²) in [5, 5.41) is 77.7. The maximum atomic E-state index is 14.0. The number of aliphatic hydroxyl groups excluding tert-OH is 4. The second-order valence-electron chi connectivity index (χ2n) is 21.2. The average Bonchev–Trinajstić information content (AvgIpc) is 1.35. The van der Waals surface area contributed by atoms with Crippen LogP contribution in [0, 0.1) is 11.8 Å². The van der Waals surface area contributed by atoms with E-state index in [9.17, 15) is 92.7 Å². The number of hydrogen-bond donors (Lipinski definition) is 25. The number of rotatable bonds is 44. The van der Waals surface area contributed by atoms with Crippen molar-refractivity contribution in [3.63, 3.8) is 0 Å². The minimum absolute atomic E-state index is 0.0372. The zero-order valence-electron chi connectivity index (χ0n) is 51.1. The maximum absolute atomic E-state index is 14.0. The molecular formula is C51H91N17O19S4. The molecule has 0 bridgehead atoms. The SMILES string of the molecule is CC[C@H](C)[C@H](NC(=O)[C@H](CCCN=C(N)N)NC(=O)[C@H](CS)NC(=O)[C@H](CO)NC(=O)[C@H](CCC(N)=O)NC(=O)[C@H](C)NC(=O)[C@H](CS)NC(=O)[C@@H](NC(=O)[C@H](CO)NC(=O)[C@H](CC(C)C)NC(=O)[C@@H](N)CS)[C@@H](C)O)C(=O)N[C@@H](CO)C(=O)N[C@@H](CS)C(=O)O. The molecule has 91 heavy (non-hydrogen) atoms. The third kappa shape index (κ3) is 30.8. The summed E-state index contributed by atoms with van der Waals surface area (Å²) in [7, 11) is 0. The van der Waals surface area contributed by atoms with Crippen molar-refractivity contribution in [3.8, 4) is 0 Å². The van der Waals surface area contributed by atoms with Crippen LogP contribution in [0.5, 0.6) is 0 Å². The zero-order valence-corrected chi connectivity index (χ0v) is 54.7. The van der Waals surface area contributed by atoms with E-state index in [0.29, 0.717) is 0 Å². The lowest BCUT2D eigenvalue weighted by atomic mass is 9.97. The van der Waals surface area contributed by atoms with Gasteiger partial charge in [0.05, 0.1) is 32.0 Å². The van der Waals surface area contributed by atoms with E-state index < -0.39 is 217 Å². The second kappa shape index (κ2) is 43.7. The van der Waals surface area contributed by atoms with Crippen LogP contribution in [0.25, 0.3) is 0 Å². The summed E-state index contributed by atoms with van der Waals surface area (Å²) in [5.74, 6) is -17.5. The number of guanidine groups is 1. The van der Waals surface area contributed by atoms with Crippen LogP contribution in [0.3, 0.4) is 0 Å². The molecule has 36 nitrogen and oxygen atoms in total. The molecule has 13 amide bonds. The van der Waals surface area contributed by atoms with Gasteiger partial charge in [-0.25, -0.2) is 4.79 Å². The van der Waals surface area contributed by atoms with E-state index in [-0.39, 0.29) is 55.6 Å². The van der Waals surface area contributed by atoms with E-state index in [2.05, 4.69) is 119 Å². The number of hydrogen-bond acceptors (Lipinski definition) is 24. The van der Waals surface area contributed by atoms with Crippen molar-refractivity contribution in [2.45, 2.75) is 165 Å². The first-order valence-electron chi connectivity index (χ1n) is 28.5. The Morgan fingerprint density at radius 2 is 0.802 bits per heavy atom. The summed E-state index contributed by atoms with van der Waals surface area (Å²) in [6.45, 7) is 5.74. The molecule has 0 spiro atoms.